The van der Waals surface area contributed by atoms with E-state index in [9.17, 15) is 8.42 Å². The van der Waals surface area contributed by atoms with Crippen molar-refractivity contribution in [1.82, 2.24) is 20.3 Å². The fourth-order valence-corrected chi connectivity index (χ4v) is 3.94. The van der Waals surface area contributed by atoms with Crippen LogP contribution in [0.25, 0.3) is 0 Å². The van der Waals surface area contributed by atoms with Crippen molar-refractivity contribution in [3.05, 3.63) is 51.5 Å². The molecule has 0 amide bonds. The number of nitrogens with one attached hydrogen (secondary N) is 3. The summed E-state index contributed by atoms with van der Waals surface area (Å²) in [7, 11) is -1.71. The SMILES string of the molecule is CN=C(NCCS(=O)(=O)NCc1ccccc1)NCc1nc(C)c(C)s1.I. The molecule has 0 unspecified atom stereocenters. The zero-order chi connectivity index (χ0) is 19.0. The lowest BCUT2D eigenvalue weighted by atomic mass is 10.2. The number of hydrogen-bond donors (Lipinski definition) is 3. The van der Waals surface area contributed by atoms with E-state index < -0.39 is 10.0 Å². The van der Waals surface area contributed by atoms with E-state index in [1.54, 1.807) is 18.4 Å². The maximum atomic E-state index is 12.1. The summed E-state index contributed by atoms with van der Waals surface area (Å²) in [6.07, 6.45) is 0. The van der Waals surface area contributed by atoms with Gasteiger partial charge in [-0.3, -0.25) is 4.99 Å². The van der Waals surface area contributed by atoms with Crippen molar-refractivity contribution < 1.29 is 8.42 Å². The number of aliphatic imine (C=N–C) groups is 1. The molecule has 0 saturated heterocycles. The molecule has 0 atom stereocenters. The molecule has 0 aliphatic heterocycles. The maximum absolute atomic E-state index is 12.1. The largest absolute Gasteiger partial charge is 0.355 e. The fraction of sp³-hybridized carbons (Fsp3) is 0.412. The van der Waals surface area contributed by atoms with Crippen LogP contribution in [0.2, 0.25) is 0 Å². The lowest BCUT2D eigenvalue weighted by molar-refractivity contribution is 0.580. The lowest BCUT2D eigenvalue weighted by Gasteiger charge is -2.11. The summed E-state index contributed by atoms with van der Waals surface area (Å²) in [5, 5.41) is 7.13. The third kappa shape index (κ3) is 8.54. The van der Waals surface area contributed by atoms with Gasteiger partial charge in [0.15, 0.2) is 5.96 Å². The Kier molecular flexibility index (Phi) is 10.2. The molecule has 1 aromatic heterocycles. The van der Waals surface area contributed by atoms with Gasteiger partial charge < -0.3 is 10.6 Å². The molecule has 10 heteroatoms. The first-order valence-electron chi connectivity index (χ1n) is 8.28. The zero-order valence-corrected chi connectivity index (χ0v) is 19.6. The molecule has 0 aliphatic rings. The van der Waals surface area contributed by atoms with Gasteiger partial charge in [-0.2, -0.15) is 0 Å². The lowest BCUT2D eigenvalue weighted by Crippen LogP contribution is -2.40. The van der Waals surface area contributed by atoms with Crippen molar-refractivity contribution in [2.75, 3.05) is 19.3 Å². The van der Waals surface area contributed by atoms with Crippen LogP contribution in [-0.4, -0.2) is 38.7 Å². The Balaban J connectivity index is 0.00000364. The Morgan fingerprint density at radius 1 is 1.15 bits per heavy atom. The van der Waals surface area contributed by atoms with Crippen LogP contribution >= 0.6 is 35.3 Å². The molecule has 2 aromatic rings. The maximum Gasteiger partial charge on any atom is 0.213 e. The van der Waals surface area contributed by atoms with Gasteiger partial charge in [-0.25, -0.2) is 18.1 Å². The van der Waals surface area contributed by atoms with Crippen molar-refractivity contribution in [2.24, 2.45) is 4.99 Å². The van der Waals surface area contributed by atoms with Gasteiger partial charge in [0.05, 0.1) is 18.0 Å². The number of halogens is 1. The van der Waals surface area contributed by atoms with Gasteiger partial charge in [0, 0.05) is 25.0 Å². The summed E-state index contributed by atoms with van der Waals surface area (Å²) in [6.45, 7) is 5.13. The molecule has 150 valence electrons. The fourth-order valence-electron chi connectivity index (χ4n) is 2.16. The van der Waals surface area contributed by atoms with E-state index in [1.165, 1.54) is 4.88 Å². The number of rotatable bonds is 8. The molecule has 0 fully saturated rings. The summed E-state index contributed by atoms with van der Waals surface area (Å²) in [4.78, 5) is 9.75. The average molecular weight is 523 g/mol. The number of aromatic nitrogens is 1. The van der Waals surface area contributed by atoms with Crippen molar-refractivity contribution in [1.29, 1.82) is 0 Å². The van der Waals surface area contributed by atoms with Crippen LogP contribution in [0.4, 0.5) is 0 Å². The third-order valence-corrected chi connectivity index (χ3v) is 6.10. The number of nitrogens with zero attached hydrogens (tertiary/aromatic N) is 2. The van der Waals surface area contributed by atoms with Gasteiger partial charge >= 0.3 is 0 Å². The standard InChI is InChI=1S/C17H25N5O2S2.HI/c1-13-14(2)25-16(22-13)12-20-17(18-3)19-9-10-26(23,24)21-11-15-7-5-4-6-8-15;/h4-8,21H,9-12H2,1-3H3,(H2,18,19,20);1H. The molecule has 0 radical (unpaired) electrons. The van der Waals surface area contributed by atoms with Crippen molar-refractivity contribution in [3.63, 3.8) is 0 Å². The normalized spacial score (nSPS) is 11.7. The molecule has 27 heavy (non-hydrogen) atoms. The van der Waals surface area contributed by atoms with E-state index >= 15 is 0 Å². The van der Waals surface area contributed by atoms with E-state index in [2.05, 4.69) is 25.3 Å². The molecular formula is C17H26IN5O2S2. The molecule has 0 spiro atoms. The first kappa shape index (κ1) is 23.8. The van der Waals surface area contributed by atoms with Crippen molar-refractivity contribution in [2.45, 2.75) is 26.9 Å². The predicted molar refractivity (Wildman–Crippen MR) is 122 cm³/mol. The van der Waals surface area contributed by atoms with E-state index in [1.807, 2.05) is 44.2 Å². The molecule has 3 N–H and O–H groups in total. The summed E-state index contributed by atoms with van der Waals surface area (Å²) < 4.78 is 26.7. The van der Waals surface area contributed by atoms with Crippen molar-refractivity contribution >= 4 is 51.3 Å². The smallest absolute Gasteiger partial charge is 0.213 e. The molecular weight excluding hydrogens is 497 g/mol. The van der Waals surface area contributed by atoms with Gasteiger partial charge in [0.1, 0.15) is 5.01 Å². The Morgan fingerprint density at radius 2 is 1.85 bits per heavy atom. The van der Waals surface area contributed by atoms with E-state index in [-0.39, 0.29) is 36.3 Å². The molecule has 1 heterocycles. The van der Waals surface area contributed by atoms with Gasteiger partial charge in [-0.15, -0.1) is 35.3 Å². The Morgan fingerprint density at radius 3 is 2.44 bits per heavy atom. The minimum Gasteiger partial charge on any atom is -0.355 e. The highest BCUT2D eigenvalue weighted by Crippen LogP contribution is 2.15. The number of thiazole rings is 1. The summed E-state index contributed by atoms with van der Waals surface area (Å²) >= 11 is 1.64. The second-order valence-electron chi connectivity index (χ2n) is 5.73. The molecule has 2 rings (SSSR count). The summed E-state index contributed by atoms with van der Waals surface area (Å²) in [6, 6.07) is 9.43. The van der Waals surface area contributed by atoms with Crippen LogP contribution in [-0.2, 0) is 23.1 Å². The number of guanidine groups is 1. The number of hydrogen-bond acceptors (Lipinski definition) is 5. The van der Waals surface area contributed by atoms with Crippen molar-refractivity contribution in [3.8, 4) is 0 Å². The topological polar surface area (TPSA) is 95.5 Å². The van der Waals surface area contributed by atoms with Crippen LogP contribution in [0.3, 0.4) is 0 Å². The predicted octanol–water partition coefficient (Wildman–Crippen LogP) is 2.16. The minimum atomic E-state index is -3.36. The van der Waals surface area contributed by atoms with E-state index in [0.717, 1.165) is 16.3 Å². The average Bonchev–Trinajstić information content (AvgIpc) is 2.95. The molecule has 1 aromatic carbocycles. The van der Waals surface area contributed by atoms with Crippen LogP contribution in [0.5, 0.6) is 0 Å². The number of aryl methyl sites for hydroxylation is 2. The summed E-state index contributed by atoms with van der Waals surface area (Å²) in [5.74, 6) is 0.518. The first-order valence-corrected chi connectivity index (χ1v) is 10.7. The highest BCUT2D eigenvalue weighted by molar-refractivity contribution is 14.0. The van der Waals surface area contributed by atoms with Gasteiger partial charge in [-0.05, 0) is 19.4 Å². The minimum absolute atomic E-state index is 0. The van der Waals surface area contributed by atoms with E-state index in [4.69, 9.17) is 0 Å². The zero-order valence-electron chi connectivity index (χ0n) is 15.7. The number of sulfonamides is 1. The Hall–Kier alpha value is -1.24. The highest BCUT2D eigenvalue weighted by Gasteiger charge is 2.10. The van der Waals surface area contributed by atoms with Crippen LogP contribution in [0.1, 0.15) is 21.1 Å². The van der Waals surface area contributed by atoms with Gasteiger partial charge in [0.2, 0.25) is 10.0 Å². The molecule has 7 nitrogen and oxygen atoms in total. The molecule has 0 aliphatic carbocycles. The third-order valence-electron chi connectivity index (χ3n) is 3.71. The van der Waals surface area contributed by atoms with Crippen LogP contribution in [0, 0.1) is 13.8 Å². The van der Waals surface area contributed by atoms with Gasteiger partial charge in [-0.1, -0.05) is 30.3 Å². The number of benzene rings is 1. The monoisotopic (exact) mass is 523 g/mol. The van der Waals surface area contributed by atoms with Crippen LogP contribution < -0.4 is 15.4 Å². The quantitative estimate of drug-likeness (QED) is 0.280. The first-order chi connectivity index (χ1) is 12.4. The molecule has 0 saturated carbocycles. The second-order valence-corrected chi connectivity index (χ2v) is 8.94. The Bertz CT molecular complexity index is 819. The Labute approximate surface area is 182 Å². The molecule has 0 bridgehead atoms. The summed E-state index contributed by atoms with van der Waals surface area (Å²) in [5.41, 5.74) is 1.96. The van der Waals surface area contributed by atoms with E-state index in [0.29, 0.717) is 19.0 Å². The highest BCUT2D eigenvalue weighted by atomic mass is 127. The van der Waals surface area contributed by atoms with Crippen LogP contribution in [0.15, 0.2) is 35.3 Å². The second kappa shape index (κ2) is 11.6. The van der Waals surface area contributed by atoms with Gasteiger partial charge in [0.25, 0.3) is 0 Å².